The van der Waals surface area contributed by atoms with Crippen LogP contribution in [-0.4, -0.2) is 54.0 Å². The summed E-state index contributed by atoms with van der Waals surface area (Å²) in [6, 6.07) is 11.0. The van der Waals surface area contributed by atoms with Gasteiger partial charge in [0.1, 0.15) is 6.10 Å². The van der Waals surface area contributed by atoms with Crippen LogP contribution in [0.4, 0.5) is 0 Å². The highest BCUT2D eigenvalue weighted by Gasteiger charge is 2.39. The van der Waals surface area contributed by atoms with Crippen molar-refractivity contribution < 1.29 is 9.53 Å². The van der Waals surface area contributed by atoms with Gasteiger partial charge in [-0.15, -0.1) is 0 Å². The van der Waals surface area contributed by atoms with Gasteiger partial charge < -0.3 is 14.5 Å². The Hall–Kier alpha value is -1.39. The first kappa shape index (κ1) is 16.5. The number of hydrogen-bond donors (Lipinski definition) is 0. The van der Waals surface area contributed by atoms with Gasteiger partial charge in [-0.25, -0.2) is 0 Å². The topological polar surface area (TPSA) is 32.8 Å². The number of rotatable bonds is 5. The molecule has 3 atom stereocenters. The number of ether oxygens (including phenoxy) is 1. The van der Waals surface area contributed by atoms with E-state index in [1.165, 1.54) is 12.8 Å². The lowest BCUT2D eigenvalue weighted by molar-refractivity contribution is -0.145. The van der Waals surface area contributed by atoms with E-state index in [2.05, 4.69) is 16.8 Å². The molecule has 0 saturated carbocycles. The molecule has 0 N–H and O–H groups in total. The molecule has 2 heterocycles. The van der Waals surface area contributed by atoms with Gasteiger partial charge in [-0.1, -0.05) is 30.3 Å². The van der Waals surface area contributed by atoms with Crippen molar-refractivity contribution in [2.45, 2.75) is 57.4 Å². The maximum Gasteiger partial charge on any atom is 0.251 e. The molecule has 0 aromatic heterocycles. The van der Waals surface area contributed by atoms with Crippen LogP contribution in [0.5, 0.6) is 0 Å². The van der Waals surface area contributed by atoms with Gasteiger partial charge in [-0.3, -0.25) is 4.79 Å². The van der Waals surface area contributed by atoms with Crippen LogP contribution in [0.3, 0.4) is 0 Å². The molecule has 1 amide bonds. The van der Waals surface area contributed by atoms with Crippen molar-refractivity contribution in [1.29, 1.82) is 0 Å². The molecule has 4 heteroatoms. The predicted molar refractivity (Wildman–Crippen MR) is 91.1 cm³/mol. The van der Waals surface area contributed by atoms with Crippen molar-refractivity contribution in [3.05, 3.63) is 35.9 Å². The van der Waals surface area contributed by atoms with E-state index in [4.69, 9.17) is 4.74 Å². The van der Waals surface area contributed by atoms with Crippen molar-refractivity contribution in [1.82, 2.24) is 9.80 Å². The Balaban J connectivity index is 1.57. The molecular weight excluding hydrogens is 288 g/mol. The van der Waals surface area contributed by atoms with Crippen LogP contribution in [0.25, 0.3) is 0 Å². The van der Waals surface area contributed by atoms with Crippen LogP contribution in [0, 0.1) is 0 Å². The third-order valence-electron chi connectivity index (χ3n) is 5.29. The summed E-state index contributed by atoms with van der Waals surface area (Å²) in [6.45, 7) is 4.42. The first-order chi connectivity index (χ1) is 11.2. The Morgan fingerprint density at radius 1 is 1.17 bits per heavy atom. The quantitative estimate of drug-likeness (QED) is 0.837. The molecule has 2 aliphatic rings. The second-order valence-electron chi connectivity index (χ2n) is 6.87. The summed E-state index contributed by atoms with van der Waals surface area (Å²) in [5, 5.41) is 0. The fourth-order valence-corrected chi connectivity index (χ4v) is 3.99. The highest BCUT2D eigenvalue weighted by Crippen LogP contribution is 2.29. The molecule has 23 heavy (non-hydrogen) atoms. The molecule has 2 saturated heterocycles. The summed E-state index contributed by atoms with van der Waals surface area (Å²) < 4.78 is 5.84. The molecule has 0 spiro atoms. The highest BCUT2D eigenvalue weighted by atomic mass is 16.5. The maximum atomic E-state index is 12.8. The van der Waals surface area contributed by atoms with Crippen LogP contribution >= 0.6 is 0 Å². The monoisotopic (exact) mass is 316 g/mol. The summed E-state index contributed by atoms with van der Waals surface area (Å²) in [5.41, 5.74) is 1.11. The van der Waals surface area contributed by atoms with Crippen molar-refractivity contribution in [3.8, 4) is 0 Å². The Morgan fingerprint density at radius 3 is 2.57 bits per heavy atom. The van der Waals surface area contributed by atoms with Gasteiger partial charge in [0.05, 0.1) is 6.61 Å². The molecule has 2 aliphatic heterocycles. The van der Waals surface area contributed by atoms with E-state index >= 15 is 0 Å². The molecule has 0 aliphatic carbocycles. The minimum Gasteiger partial charge on any atom is -0.364 e. The average Bonchev–Trinajstić information content (AvgIpc) is 3.21. The third kappa shape index (κ3) is 3.75. The smallest absolute Gasteiger partial charge is 0.251 e. The molecule has 126 valence electrons. The molecule has 3 rings (SSSR count). The number of likely N-dealkylation sites (N-methyl/N-ethyl adjacent to an activating group) is 1. The van der Waals surface area contributed by atoms with Crippen LogP contribution in [0.2, 0.25) is 0 Å². The first-order valence-corrected chi connectivity index (χ1v) is 8.83. The van der Waals surface area contributed by atoms with Crippen molar-refractivity contribution in [2.75, 3.05) is 20.1 Å². The van der Waals surface area contributed by atoms with Crippen LogP contribution < -0.4 is 0 Å². The third-order valence-corrected chi connectivity index (χ3v) is 5.29. The number of nitrogens with zero attached hydrogens (tertiary/aromatic N) is 2. The van der Waals surface area contributed by atoms with E-state index in [0.717, 1.165) is 31.5 Å². The molecule has 0 radical (unpaired) electrons. The Kier molecular flexibility index (Phi) is 5.34. The zero-order chi connectivity index (χ0) is 16.2. The second-order valence-corrected chi connectivity index (χ2v) is 6.87. The van der Waals surface area contributed by atoms with E-state index in [0.29, 0.717) is 18.7 Å². The van der Waals surface area contributed by atoms with Gasteiger partial charge in [0.25, 0.3) is 5.91 Å². The Bertz CT molecular complexity index is 519. The van der Waals surface area contributed by atoms with Gasteiger partial charge in [0.2, 0.25) is 0 Å². The highest BCUT2D eigenvalue weighted by molar-refractivity contribution is 5.81. The summed E-state index contributed by atoms with van der Waals surface area (Å²) in [7, 11) is 2.19. The molecular formula is C19H28N2O2. The number of amides is 1. The predicted octanol–water partition coefficient (Wildman–Crippen LogP) is 2.68. The molecule has 0 unspecified atom stereocenters. The molecule has 4 nitrogen and oxygen atoms in total. The van der Waals surface area contributed by atoms with E-state index in [-0.39, 0.29) is 12.0 Å². The minimum atomic E-state index is -0.373. The summed E-state index contributed by atoms with van der Waals surface area (Å²) in [4.78, 5) is 17.3. The van der Waals surface area contributed by atoms with E-state index in [9.17, 15) is 4.79 Å². The van der Waals surface area contributed by atoms with Gasteiger partial charge in [0, 0.05) is 18.6 Å². The van der Waals surface area contributed by atoms with Crippen LogP contribution in [-0.2, 0) is 16.1 Å². The standard InChI is InChI=1S/C19H28N2O2/c1-15(23-14-16-8-4-3-5-9-16)19(22)21-13-7-11-18(21)17-10-6-12-20(17)2/h3-5,8-9,15,17-18H,6-7,10-14H2,1-2H3/t15-,17+,18-/m0/s1. The lowest BCUT2D eigenvalue weighted by Crippen LogP contribution is -2.50. The summed E-state index contributed by atoms with van der Waals surface area (Å²) in [5.74, 6) is 0.156. The summed E-state index contributed by atoms with van der Waals surface area (Å²) >= 11 is 0. The first-order valence-electron chi connectivity index (χ1n) is 8.83. The largest absolute Gasteiger partial charge is 0.364 e. The van der Waals surface area contributed by atoms with Crippen molar-refractivity contribution in [2.24, 2.45) is 0 Å². The van der Waals surface area contributed by atoms with E-state index in [1.54, 1.807) is 0 Å². The van der Waals surface area contributed by atoms with Crippen LogP contribution in [0.1, 0.15) is 38.2 Å². The Morgan fingerprint density at radius 2 is 1.87 bits per heavy atom. The van der Waals surface area contributed by atoms with Crippen molar-refractivity contribution >= 4 is 5.91 Å². The van der Waals surface area contributed by atoms with Crippen molar-refractivity contribution in [3.63, 3.8) is 0 Å². The minimum absolute atomic E-state index is 0.156. The SMILES string of the molecule is C[C@H](OCc1ccccc1)C(=O)N1CCC[C@H]1[C@H]1CCCN1C. The zero-order valence-corrected chi connectivity index (χ0v) is 14.3. The van der Waals surface area contributed by atoms with E-state index in [1.807, 2.05) is 37.3 Å². The molecule has 0 bridgehead atoms. The Labute approximate surface area is 139 Å². The molecule has 1 aromatic rings. The fourth-order valence-electron chi connectivity index (χ4n) is 3.99. The number of carbonyl (C=O) groups is 1. The van der Waals surface area contributed by atoms with Gasteiger partial charge in [0.15, 0.2) is 0 Å². The lowest BCUT2D eigenvalue weighted by atomic mass is 10.0. The van der Waals surface area contributed by atoms with Gasteiger partial charge in [-0.05, 0) is 51.8 Å². The van der Waals surface area contributed by atoms with Gasteiger partial charge in [-0.2, -0.15) is 0 Å². The summed E-state index contributed by atoms with van der Waals surface area (Å²) in [6.07, 6.45) is 4.34. The van der Waals surface area contributed by atoms with E-state index < -0.39 is 0 Å². The lowest BCUT2D eigenvalue weighted by Gasteiger charge is -2.34. The maximum absolute atomic E-state index is 12.8. The zero-order valence-electron chi connectivity index (χ0n) is 14.3. The number of likely N-dealkylation sites (tertiary alicyclic amines) is 2. The number of benzene rings is 1. The van der Waals surface area contributed by atoms with Crippen LogP contribution in [0.15, 0.2) is 30.3 Å². The fraction of sp³-hybridized carbons (Fsp3) is 0.632. The number of hydrogen-bond acceptors (Lipinski definition) is 3. The second kappa shape index (κ2) is 7.45. The van der Waals surface area contributed by atoms with Gasteiger partial charge >= 0.3 is 0 Å². The number of carbonyl (C=O) groups excluding carboxylic acids is 1. The molecule has 2 fully saturated rings. The normalized spacial score (nSPS) is 26.6. The average molecular weight is 316 g/mol. The molecule has 1 aromatic carbocycles.